The van der Waals surface area contributed by atoms with Gasteiger partial charge in [-0.3, -0.25) is 0 Å². The maximum Gasteiger partial charge on any atom is 0.164 e. The Hall–Kier alpha value is -3.46. The minimum absolute atomic E-state index is 0. The molecule has 0 aliphatic rings. The highest BCUT2D eigenvalue weighted by molar-refractivity contribution is 5.85. The van der Waals surface area contributed by atoms with Crippen LogP contribution in [0.15, 0.2) is 91.0 Å². The highest BCUT2D eigenvalue weighted by Crippen LogP contribution is 2.35. The van der Waals surface area contributed by atoms with E-state index >= 15 is 0 Å². The van der Waals surface area contributed by atoms with Crippen molar-refractivity contribution in [2.75, 3.05) is 61.2 Å². The number of aryl methyl sites for hydroxylation is 1. The minimum Gasteiger partial charge on any atom is -0.497 e. The van der Waals surface area contributed by atoms with Crippen LogP contribution in [0.1, 0.15) is 53.5 Å². The summed E-state index contributed by atoms with van der Waals surface area (Å²) in [5.41, 5.74) is 6.57. The Morgan fingerprint density at radius 1 is 0.510 bits per heavy atom. The van der Waals surface area contributed by atoms with Crippen molar-refractivity contribution in [3.8, 4) is 23.0 Å². The summed E-state index contributed by atoms with van der Waals surface area (Å²) in [6.45, 7) is 5.31. The molecule has 0 saturated heterocycles. The Morgan fingerprint density at radius 2 is 1.18 bits per heavy atom. The molecule has 51 heavy (non-hydrogen) atoms. The standard InChI is InChI=1S/C42H56N2O4.2ClH.H2O/c1-45-38-21-17-35(18-22-38)27-32-44(31-26-34-13-8-7-9-14-34)30-11-6-5-10-28-43-29-25-37-20-24-41(47-3)42(48-4)40(37)23-19-36-15-12-16-39(33-36)46-2;;;/h7-9,12-18,20-22,24,33,43H,5-6,10-11,19,23,25-32H2,1-4H3;2*1H;1H2. The molecule has 0 aliphatic heterocycles. The molecule has 0 amide bonds. The van der Waals surface area contributed by atoms with E-state index in [0.717, 1.165) is 87.8 Å². The van der Waals surface area contributed by atoms with Crippen molar-refractivity contribution >= 4 is 24.8 Å². The summed E-state index contributed by atoms with van der Waals surface area (Å²) in [4.78, 5) is 2.64. The maximum absolute atomic E-state index is 5.85. The summed E-state index contributed by atoms with van der Waals surface area (Å²) < 4.78 is 22.2. The number of nitrogens with zero attached hydrogens (tertiary/aromatic N) is 1. The van der Waals surface area contributed by atoms with Gasteiger partial charge in [0.1, 0.15) is 11.5 Å². The lowest BCUT2D eigenvalue weighted by atomic mass is 9.96. The van der Waals surface area contributed by atoms with Gasteiger partial charge >= 0.3 is 0 Å². The molecule has 0 atom stereocenters. The number of rotatable bonds is 23. The zero-order chi connectivity index (χ0) is 33.8. The first-order chi connectivity index (χ1) is 23.6. The number of methoxy groups -OCH3 is 4. The smallest absolute Gasteiger partial charge is 0.164 e. The second-order valence-electron chi connectivity index (χ2n) is 12.4. The largest absolute Gasteiger partial charge is 0.497 e. The van der Waals surface area contributed by atoms with Crippen LogP contribution in [-0.4, -0.2) is 71.5 Å². The Morgan fingerprint density at radius 3 is 1.84 bits per heavy atom. The zero-order valence-corrected chi connectivity index (χ0v) is 32.6. The summed E-state index contributed by atoms with van der Waals surface area (Å²) >= 11 is 0. The fourth-order valence-electron chi connectivity index (χ4n) is 6.27. The fraction of sp³-hybridized carbons (Fsp3) is 0.429. The predicted molar refractivity (Wildman–Crippen MR) is 216 cm³/mol. The lowest BCUT2D eigenvalue weighted by Crippen LogP contribution is -2.29. The van der Waals surface area contributed by atoms with Crippen molar-refractivity contribution in [3.05, 3.63) is 119 Å². The third-order valence-electron chi connectivity index (χ3n) is 9.13. The average molecular weight is 744 g/mol. The molecule has 4 aromatic carbocycles. The summed E-state index contributed by atoms with van der Waals surface area (Å²) in [5, 5.41) is 3.69. The van der Waals surface area contributed by atoms with E-state index in [1.165, 1.54) is 53.5 Å². The summed E-state index contributed by atoms with van der Waals surface area (Å²) in [6, 6.07) is 31.9. The molecule has 0 fully saturated rings. The van der Waals surface area contributed by atoms with Crippen LogP contribution in [-0.2, 0) is 32.1 Å². The van der Waals surface area contributed by atoms with Crippen molar-refractivity contribution in [3.63, 3.8) is 0 Å². The SMILES string of the molecule is COc1ccc(CCN(CCCCCCNCCc2ccc(OC)c(OC)c2CCc2cccc(OC)c2)CCc2ccccc2)cc1.Cl.Cl.O. The summed E-state index contributed by atoms with van der Waals surface area (Å²) in [6.07, 6.45) is 9.85. The van der Waals surface area contributed by atoms with Gasteiger partial charge in [-0.05, 0) is 117 Å². The first kappa shape index (κ1) is 45.6. The molecule has 0 unspecified atom stereocenters. The van der Waals surface area contributed by atoms with Crippen LogP contribution in [0.2, 0.25) is 0 Å². The minimum atomic E-state index is 0. The van der Waals surface area contributed by atoms with Gasteiger partial charge in [-0.15, -0.1) is 24.8 Å². The number of halogens is 2. The van der Waals surface area contributed by atoms with E-state index in [4.69, 9.17) is 18.9 Å². The van der Waals surface area contributed by atoms with E-state index in [-0.39, 0.29) is 30.3 Å². The number of unbranched alkanes of at least 4 members (excludes halogenated alkanes) is 3. The van der Waals surface area contributed by atoms with E-state index in [9.17, 15) is 0 Å². The van der Waals surface area contributed by atoms with Gasteiger partial charge < -0.3 is 34.6 Å². The van der Waals surface area contributed by atoms with Crippen molar-refractivity contribution in [2.45, 2.75) is 57.8 Å². The molecular weight excluding hydrogens is 683 g/mol. The molecule has 4 rings (SSSR count). The van der Waals surface area contributed by atoms with Gasteiger partial charge in [0, 0.05) is 18.7 Å². The highest BCUT2D eigenvalue weighted by atomic mass is 35.5. The van der Waals surface area contributed by atoms with E-state index in [0.29, 0.717) is 0 Å². The molecular formula is C42H60Cl2N2O5. The lowest BCUT2D eigenvalue weighted by Gasteiger charge is -2.22. The first-order valence-corrected chi connectivity index (χ1v) is 17.6. The molecule has 0 spiro atoms. The van der Waals surface area contributed by atoms with Gasteiger partial charge in [0.05, 0.1) is 28.4 Å². The second-order valence-corrected chi connectivity index (χ2v) is 12.4. The zero-order valence-electron chi connectivity index (χ0n) is 31.0. The van der Waals surface area contributed by atoms with Gasteiger partial charge in [0.15, 0.2) is 11.5 Å². The van der Waals surface area contributed by atoms with Crippen LogP contribution in [0.5, 0.6) is 23.0 Å². The Kier molecular flexibility index (Phi) is 23.5. The van der Waals surface area contributed by atoms with Crippen molar-refractivity contribution in [1.29, 1.82) is 0 Å². The molecule has 9 heteroatoms. The number of nitrogens with one attached hydrogen (secondary N) is 1. The fourth-order valence-corrected chi connectivity index (χ4v) is 6.27. The van der Waals surface area contributed by atoms with Gasteiger partial charge in [0.25, 0.3) is 0 Å². The van der Waals surface area contributed by atoms with Crippen LogP contribution in [0, 0.1) is 0 Å². The third kappa shape index (κ3) is 15.8. The molecule has 4 aromatic rings. The third-order valence-corrected chi connectivity index (χ3v) is 9.13. The molecule has 0 bridgehead atoms. The van der Waals surface area contributed by atoms with Gasteiger partial charge in [0.2, 0.25) is 0 Å². The second kappa shape index (κ2) is 26.3. The molecule has 282 valence electrons. The van der Waals surface area contributed by atoms with Gasteiger partial charge in [-0.2, -0.15) is 0 Å². The topological polar surface area (TPSA) is 83.7 Å². The van der Waals surface area contributed by atoms with E-state index in [2.05, 4.69) is 83.0 Å². The Balaban J connectivity index is 0.00000433. The van der Waals surface area contributed by atoms with Crippen LogP contribution in [0.3, 0.4) is 0 Å². The van der Waals surface area contributed by atoms with Crippen LogP contribution < -0.4 is 24.3 Å². The Bertz CT molecular complexity index is 1470. The molecule has 0 saturated carbocycles. The van der Waals surface area contributed by atoms with Crippen LogP contribution in [0.25, 0.3) is 0 Å². The van der Waals surface area contributed by atoms with Crippen molar-refractivity contribution in [2.24, 2.45) is 0 Å². The molecule has 0 aromatic heterocycles. The molecule has 0 radical (unpaired) electrons. The van der Waals surface area contributed by atoms with E-state index in [1.54, 1.807) is 28.4 Å². The predicted octanol–water partition coefficient (Wildman–Crippen LogP) is 8.01. The maximum atomic E-state index is 5.85. The van der Waals surface area contributed by atoms with Gasteiger partial charge in [-0.1, -0.05) is 73.5 Å². The molecule has 0 heterocycles. The van der Waals surface area contributed by atoms with Crippen LogP contribution in [0.4, 0.5) is 0 Å². The van der Waals surface area contributed by atoms with Crippen molar-refractivity contribution in [1.82, 2.24) is 10.2 Å². The lowest BCUT2D eigenvalue weighted by molar-refractivity contribution is 0.273. The molecule has 7 nitrogen and oxygen atoms in total. The normalized spacial score (nSPS) is 10.5. The van der Waals surface area contributed by atoms with E-state index < -0.39 is 0 Å². The van der Waals surface area contributed by atoms with E-state index in [1.807, 2.05) is 18.2 Å². The monoisotopic (exact) mass is 742 g/mol. The number of hydrogen-bond donors (Lipinski definition) is 1. The van der Waals surface area contributed by atoms with Gasteiger partial charge in [-0.25, -0.2) is 0 Å². The Labute approximate surface area is 319 Å². The summed E-state index contributed by atoms with van der Waals surface area (Å²) in [5.74, 6) is 3.44. The van der Waals surface area contributed by atoms with Crippen molar-refractivity contribution < 1.29 is 24.4 Å². The number of benzene rings is 4. The van der Waals surface area contributed by atoms with Crippen LogP contribution >= 0.6 is 24.8 Å². The molecule has 3 N–H and O–H groups in total. The summed E-state index contributed by atoms with van der Waals surface area (Å²) in [7, 11) is 6.87. The molecule has 0 aliphatic carbocycles. The average Bonchev–Trinajstić information content (AvgIpc) is 3.14. The first-order valence-electron chi connectivity index (χ1n) is 17.6. The highest BCUT2D eigenvalue weighted by Gasteiger charge is 2.15. The number of hydrogen-bond acceptors (Lipinski definition) is 6. The quantitative estimate of drug-likeness (QED) is 0.0776. The number of ether oxygens (including phenoxy) is 4.